The second-order valence-corrected chi connectivity index (χ2v) is 8.47. The highest BCUT2D eigenvalue weighted by Crippen LogP contribution is 2.14. The van der Waals surface area contributed by atoms with Gasteiger partial charge >= 0.3 is 21.9 Å². The molecule has 0 saturated heterocycles. The lowest BCUT2D eigenvalue weighted by Crippen LogP contribution is -2.28. The Bertz CT molecular complexity index is 795. The highest BCUT2D eigenvalue weighted by molar-refractivity contribution is 7.87. The van der Waals surface area contributed by atoms with E-state index < -0.39 is 27.7 Å². The van der Waals surface area contributed by atoms with Crippen molar-refractivity contribution < 1.29 is 31.8 Å². The number of aldehydes is 1. The van der Waals surface area contributed by atoms with E-state index in [1.807, 2.05) is 0 Å². The molecule has 0 atom stereocenters. The fourth-order valence-corrected chi connectivity index (χ4v) is 3.53. The third-order valence-corrected chi connectivity index (χ3v) is 5.63. The molecule has 0 unspecified atom stereocenters. The van der Waals surface area contributed by atoms with E-state index in [2.05, 4.69) is 4.18 Å². The number of hydrogen-bond donors (Lipinski definition) is 0. The van der Waals surface area contributed by atoms with E-state index in [0.717, 1.165) is 56.8 Å². The summed E-state index contributed by atoms with van der Waals surface area (Å²) in [5.74, 6) is -4.07. The molecule has 1 aromatic rings. The Morgan fingerprint density at radius 2 is 1.38 bits per heavy atom. The van der Waals surface area contributed by atoms with Gasteiger partial charge in [0.15, 0.2) is 0 Å². The normalized spacial score (nSPS) is 11.1. The second kappa shape index (κ2) is 13.0. The molecule has 0 aliphatic heterocycles. The maximum Gasteiger partial charge on any atom is 0.398 e. The van der Waals surface area contributed by atoms with Crippen LogP contribution in [-0.4, -0.2) is 32.2 Å². The van der Waals surface area contributed by atoms with Crippen molar-refractivity contribution in [2.24, 2.45) is 0 Å². The van der Waals surface area contributed by atoms with Crippen molar-refractivity contribution in [1.82, 2.24) is 0 Å². The van der Waals surface area contributed by atoms with Gasteiger partial charge in [-0.05, 0) is 31.9 Å². The fraction of sp³-hybridized carbons (Fsp3) is 0.524. The van der Waals surface area contributed by atoms with E-state index >= 15 is 0 Å². The van der Waals surface area contributed by atoms with Crippen molar-refractivity contribution >= 4 is 33.9 Å². The summed E-state index contributed by atoms with van der Waals surface area (Å²) < 4.78 is 28.3. The van der Waals surface area contributed by atoms with E-state index in [0.29, 0.717) is 12.8 Å². The highest BCUT2D eigenvalue weighted by Gasteiger charge is 2.29. The summed E-state index contributed by atoms with van der Waals surface area (Å²) in [5.41, 5.74) is 0.819. The minimum absolute atomic E-state index is 0.113. The number of rotatable bonds is 15. The summed E-state index contributed by atoms with van der Waals surface area (Å²) in [6, 6.07) is 5.57. The Hall–Kier alpha value is -2.35. The first-order valence-electron chi connectivity index (χ1n) is 9.84. The van der Waals surface area contributed by atoms with Gasteiger partial charge in [0, 0.05) is 12.8 Å². The molecule has 0 spiro atoms. The van der Waals surface area contributed by atoms with Crippen LogP contribution in [0.1, 0.15) is 69.8 Å². The van der Waals surface area contributed by atoms with E-state index in [4.69, 9.17) is 0 Å². The van der Waals surface area contributed by atoms with Crippen LogP contribution in [0.15, 0.2) is 29.2 Å². The average molecular weight is 425 g/mol. The first kappa shape index (κ1) is 24.7. The standard InChI is InChI=1S/C21H28O7S/c1-17-12-14-18(15-13-17)29(26,27)28-21(25)20(24)19(23)11-9-7-5-3-2-4-6-8-10-16-22/h12-16H,2-11H2,1H3. The third kappa shape index (κ3) is 9.60. The van der Waals surface area contributed by atoms with Crippen LogP contribution in [0.5, 0.6) is 0 Å². The zero-order chi connectivity index (χ0) is 21.7. The molecule has 29 heavy (non-hydrogen) atoms. The predicted octanol–water partition coefficient (Wildman–Crippen LogP) is 3.47. The smallest absolute Gasteiger partial charge is 0.335 e. The maximum atomic E-state index is 12.0. The number of benzene rings is 1. The Morgan fingerprint density at radius 1 is 0.862 bits per heavy atom. The molecule has 1 aromatic carbocycles. The maximum absolute atomic E-state index is 12.0. The molecule has 8 heteroatoms. The quantitative estimate of drug-likeness (QED) is 0.139. The molecular weight excluding hydrogens is 396 g/mol. The molecule has 0 amide bonds. The Balaban J connectivity index is 2.29. The summed E-state index contributed by atoms with van der Waals surface area (Å²) in [4.78, 5) is 45.3. The summed E-state index contributed by atoms with van der Waals surface area (Å²) in [5, 5.41) is 0. The van der Waals surface area contributed by atoms with Gasteiger partial charge in [-0.3, -0.25) is 9.59 Å². The molecule has 0 fully saturated rings. The monoisotopic (exact) mass is 424 g/mol. The van der Waals surface area contributed by atoms with Crippen molar-refractivity contribution in [3.05, 3.63) is 29.8 Å². The molecule has 0 aliphatic carbocycles. The van der Waals surface area contributed by atoms with Crippen LogP contribution < -0.4 is 0 Å². The molecule has 0 aliphatic rings. The van der Waals surface area contributed by atoms with Gasteiger partial charge in [0.1, 0.15) is 11.2 Å². The van der Waals surface area contributed by atoms with Gasteiger partial charge in [0.25, 0.3) is 0 Å². The molecule has 0 heterocycles. The zero-order valence-electron chi connectivity index (χ0n) is 16.7. The fourth-order valence-electron chi connectivity index (χ4n) is 2.69. The summed E-state index contributed by atoms with van der Waals surface area (Å²) >= 11 is 0. The van der Waals surface area contributed by atoms with E-state index in [-0.39, 0.29) is 11.3 Å². The summed E-state index contributed by atoms with van der Waals surface area (Å²) in [7, 11) is -4.44. The number of carbonyl (C=O) groups excluding carboxylic acids is 4. The second-order valence-electron chi connectivity index (χ2n) is 6.92. The molecule has 0 bridgehead atoms. The Labute approximate surface area is 171 Å². The van der Waals surface area contributed by atoms with E-state index in [9.17, 15) is 27.6 Å². The SMILES string of the molecule is Cc1ccc(S(=O)(=O)OC(=O)C(=O)C(=O)CCCCCCCCCCC=O)cc1. The lowest BCUT2D eigenvalue weighted by molar-refractivity contribution is -0.151. The molecule has 0 aromatic heterocycles. The van der Waals surface area contributed by atoms with Crippen molar-refractivity contribution in [2.45, 2.75) is 76.0 Å². The number of ketones is 2. The van der Waals surface area contributed by atoms with Gasteiger partial charge in [-0.25, -0.2) is 4.79 Å². The molecule has 160 valence electrons. The van der Waals surface area contributed by atoms with Crippen LogP contribution in [0.3, 0.4) is 0 Å². The van der Waals surface area contributed by atoms with Crippen LogP contribution in [0, 0.1) is 6.92 Å². The van der Waals surface area contributed by atoms with E-state index in [1.54, 1.807) is 6.92 Å². The topological polar surface area (TPSA) is 112 Å². The lowest BCUT2D eigenvalue weighted by atomic mass is 10.0. The summed E-state index contributed by atoms with van der Waals surface area (Å²) in [6.07, 6.45) is 8.56. The zero-order valence-corrected chi connectivity index (χ0v) is 17.5. The molecule has 0 saturated carbocycles. The first-order valence-corrected chi connectivity index (χ1v) is 11.2. The number of aryl methyl sites for hydroxylation is 1. The Kier molecular flexibility index (Phi) is 11.1. The van der Waals surface area contributed by atoms with Crippen LogP contribution in [0.4, 0.5) is 0 Å². The van der Waals surface area contributed by atoms with Crippen LogP contribution >= 0.6 is 0 Å². The predicted molar refractivity (Wildman–Crippen MR) is 107 cm³/mol. The van der Waals surface area contributed by atoms with Crippen molar-refractivity contribution in [1.29, 1.82) is 0 Å². The van der Waals surface area contributed by atoms with Gasteiger partial charge in [-0.2, -0.15) is 8.42 Å². The molecule has 0 N–H and O–H groups in total. The van der Waals surface area contributed by atoms with Crippen LogP contribution in [0.2, 0.25) is 0 Å². The van der Waals surface area contributed by atoms with Crippen molar-refractivity contribution in [3.8, 4) is 0 Å². The molecule has 7 nitrogen and oxygen atoms in total. The van der Waals surface area contributed by atoms with Gasteiger partial charge < -0.3 is 8.98 Å². The molecule has 1 rings (SSSR count). The van der Waals surface area contributed by atoms with Crippen LogP contribution in [-0.2, 0) is 33.5 Å². The minimum Gasteiger partial charge on any atom is -0.335 e. The van der Waals surface area contributed by atoms with Gasteiger partial charge in [-0.15, -0.1) is 0 Å². The largest absolute Gasteiger partial charge is 0.398 e. The van der Waals surface area contributed by atoms with Gasteiger partial charge in [0.05, 0.1) is 0 Å². The average Bonchev–Trinajstić information content (AvgIpc) is 2.68. The number of hydrogen-bond acceptors (Lipinski definition) is 7. The lowest BCUT2D eigenvalue weighted by Gasteiger charge is -2.05. The third-order valence-electron chi connectivity index (χ3n) is 4.41. The number of carbonyl (C=O) groups is 4. The number of unbranched alkanes of at least 4 members (excludes halogenated alkanes) is 8. The first-order chi connectivity index (χ1) is 13.8. The minimum atomic E-state index is -4.44. The number of Topliss-reactive ketones (excluding diaryl/α,β-unsaturated/α-hetero) is 2. The Morgan fingerprint density at radius 3 is 1.93 bits per heavy atom. The van der Waals surface area contributed by atoms with Crippen molar-refractivity contribution in [3.63, 3.8) is 0 Å². The van der Waals surface area contributed by atoms with Gasteiger partial charge in [-0.1, -0.05) is 56.2 Å². The van der Waals surface area contributed by atoms with Crippen molar-refractivity contribution in [2.75, 3.05) is 0 Å². The highest BCUT2D eigenvalue weighted by atomic mass is 32.2. The summed E-state index contributed by atoms with van der Waals surface area (Å²) in [6.45, 7) is 1.76. The molecular formula is C21H28O7S. The van der Waals surface area contributed by atoms with Gasteiger partial charge in [0.2, 0.25) is 5.78 Å². The van der Waals surface area contributed by atoms with E-state index in [1.165, 1.54) is 24.3 Å². The van der Waals surface area contributed by atoms with Crippen LogP contribution in [0.25, 0.3) is 0 Å². The molecule has 0 radical (unpaired) electrons.